The molecular formula is C10H10N2O2. The molecule has 0 atom stereocenters. The van der Waals surface area contributed by atoms with Crippen LogP contribution in [0.1, 0.15) is 23.0 Å². The van der Waals surface area contributed by atoms with Gasteiger partial charge < -0.3 is 5.73 Å². The number of hydrogen-bond donors (Lipinski definition) is 1. The van der Waals surface area contributed by atoms with Crippen molar-refractivity contribution in [1.29, 1.82) is 0 Å². The second-order valence-corrected chi connectivity index (χ2v) is 2.79. The Morgan fingerprint density at radius 1 is 1.43 bits per heavy atom. The number of hydrogen-bond acceptors (Lipinski definition) is 3. The highest BCUT2D eigenvalue weighted by molar-refractivity contribution is 5.92. The summed E-state index contributed by atoms with van der Waals surface area (Å²) < 4.78 is 0. The molecule has 2 N–H and O–H groups in total. The molecule has 72 valence electrons. The molecule has 0 spiro atoms. The van der Waals surface area contributed by atoms with Crippen molar-refractivity contribution in [3.63, 3.8) is 0 Å². The van der Waals surface area contributed by atoms with Crippen molar-refractivity contribution in [2.75, 3.05) is 0 Å². The standard InChI is InChI=1S/C10H10N2O2/c1-7(13)2-3-8-4-5-9(10(11)14)12-6-8/h2-6H,1H3,(H2,11,14). The van der Waals surface area contributed by atoms with Crippen LogP contribution in [0.2, 0.25) is 0 Å². The Labute approximate surface area is 81.4 Å². The van der Waals surface area contributed by atoms with Crippen molar-refractivity contribution >= 4 is 17.8 Å². The molecule has 0 saturated carbocycles. The van der Waals surface area contributed by atoms with Crippen LogP contribution in [0.15, 0.2) is 24.4 Å². The molecule has 1 amide bonds. The molecule has 0 bridgehead atoms. The number of primary amides is 1. The molecule has 0 aromatic carbocycles. The largest absolute Gasteiger partial charge is 0.364 e. The summed E-state index contributed by atoms with van der Waals surface area (Å²) in [5.74, 6) is -0.601. The van der Waals surface area contributed by atoms with E-state index in [0.29, 0.717) is 0 Å². The molecule has 0 fully saturated rings. The fraction of sp³-hybridized carbons (Fsp3) is 0.100. The molecule has 1 aromatic heterocycles. The van der Waals surface area contributed by atoms with Crippen LogP contribution < -0.4 is 5.73 Å². The molecule has 4 heteroatoms. The zero-order valence-corrected chi connectivity index (χ0v) is 7.73. The Bertz CT molecular complexity index is 380. The number of ketones is 1. The molecule has 1 rings (SSSR count). The van der Waals surface area contributed by atoms with Gasteiger partial charge in [0, 0.05) is 6.20 Å². The van der Waals surface area contributed by atoms with Crippen LogP contribution in [0.25, 0.3) is 6.08 Å². The molecule has 14 heavy (non-hydrogen) atoms. The number of amides is 1. The Hall–Kier alpha value is -1.97. The average Bonchev–Trinajstić information content (AvgIpc) is 2.15. The van der Waals surface area contributed by atoms with E-state index in [1.807, 2.05) is 0 Å². The molecule has 0 saturated heterocycles. The van der Waals surface area contributed by atoms with E-state index >= 15 is 0 Å². The van der Waals surface area contributed by atoms with Gasteiger partial charge in [0.05, 0.1) is 0 Å². The topological polar surface area (TPSA) is 73.1 Å². The molecule has 0 unspecified atom stereocenters. The van der Waals surface area contributed by atoms with E-state index in [1.165, 1.54) is 25.3 Å². The SMILES string of the molecule is CC(=O)C=Cc1ccc(C(N)=O)nc1. The van der Waals surface area contributed by atoms with E-state index in [-0.39, 0.29) is 11.5 Å². The van der Waals surface area contributed by atoms with Gasteiger partial charge in [0.25, 0.3) is 5.91 Å². The minimum Gasteiger partial charge on any atom is -0.364 e. The van der Waals surface area contributed by atoms with Crippen LogP contribution in [0.4, 0.5) is 0 Å². The highest BCUT2D eigenvalue weighted by atomic mass is 16.1. The van der Waals surface area contributed by atoms with Crippen LogP contribution in [0, 0.1) is 0 Å². The molecule has 0 aliphatic carbocycles. The van der Waals surface area contributed by atoms with Gasteiger partial charge in [-0.1, -0.05) is 6.07 Å². The van der Waals surface area contributed by atoms with Crippen molar-refractivity contribution in [3.8, 4) is 0 Å². The van der Waals surface area contributed by atoms with Crippen LogP contribution in [0.5, 0.6) is 0 Å². The summed E-state index contributed by atoms with van der Waals surface area (Å²) in [6.07, 6.45) is 4.54. The number of nitrogens with zero attached hydrogens (tertiary/aromatic N) is 1. The summed E-state index contributed by atoms with van der Waals surface area (Å²) in [5, 5.41) is 0. The summed E-state index contributed by atoms with van der Waals surface area (Å²) in [6, 6.07) is 3.19. The quantitative estimate of drug-likeness (QED) is 0.716. The number of carbonyl (C=O) groups is 2. The molecule has 1 heterocycles. The van der Waals surface area contributed by atoms with Gasteiger partial charge in [0.2, 0.25) is 0 Å². The number of pyridine rings is 1. The first-order chi connectivity index (χ1) is 6.59. The van der Waals surface area contributed by atoms with Crippen LogP contribution in [-0.4, -0.2) is 16.7 Å². The van der Waals surface area contributed by atoms with Gasteiger partial charge in [-0.05, 0) is 30.7 Å². The minimum absolute atomic E-state index is 0.0380. The Morgan fingerprint density at radius 3 is 2.57 bits per heavy atom. The van der Waals surface area contributed by atoms with E-state index in [2.05, 4.69) is 4.98 Å². The van der Waals surface area contributed by atoms with Crippen molar-refractivity contribution in [2.24, 2.45) is 5.73 Å². The summed E-state index contributed by atoms with van der Waals surface area (Å²) in [4.78, 5) is 25.1. The smallest absolute Gasteiger partial charge is 0.267 e. The first kappa shape index (κ1) is 10.1. The molecule has 0 aliphatic heterocycles. The first-order valence-corrected chi connectivity index (χ1v) is 4.04. The minimum atomic E-state index is -0.563. The normalized spacial score (nSPS) is 10.4. The third-order valence-electron chi connectivity index (χ3n) is 1.55. The van der Waals surface area contributed by atoms with Crippen molar-refractivity contribution in [3.05, 3.63) is 35.7 Å². The lowest BCUT2D eigenvalue weighted by atomic mass is 10.2. The Balaban J connectivity index is 2.83. The third-order valence-corrected chi connectivity index (χ3v) is 1.55. The van der Waals surface area contributed by atoms with Gasteiger partial charge in [0.15, 0.2) is 5.78 Å². The van der Waals surface area contributed by atoms with Crippen LogP contribution in [-0.2, 0) is 4.79 Å². The molecular weight excluding hydrogens is 180 g/mol. The van der Waals surface area contributed by atoms with E-state index < -0.39 is 5.91 Å². The zero-order chi connectivity index (χ0) is 10.6. The zero-order valence-electron chi connectivity index (χ0n) is 7.73. The van der Waals surface area contributed by atoms with E-state index in [9.17, 15) is 9.59 Å². The fourth-order valence-electron chi connectivity index (χ4n) is 0.863. The Kier molecular flexibility index (Phi) is 3.12. The van der Waals surface area contributed by atoms with Gasteiger partial charge in [-0.15, -0.1) is 0 Å². The van der Waals surface area contributed by atoms with Gasteiger partial charge in [-0.25, -0.2) is 0 Å². The Morgan fingerprint density at radius 2 is 2.14 bits per heavy atom. The lowest BCUT2D eigenvalue weighted by Crippen LogP contribution is -2.12. The van der Waals surface area contributed by atoms with E-state index in [0.717, 1.165) is 5.56 Å². The number of aromatic nitrogens is 1. The molecule has 1 aromatic rings. The predicted octanol–water partition coefficient (Wildman–Crippen LogP) is 0.783. The second kappa shape index (κ2) is 4.32. The van der Waals surface area contributed by atoms with Crippen molar-refractivity contribution in [2.45, 2.75) is 6.92 Å². The lowest BCUT2D eigenvalue weighted by molar-refractivity contribution is -0.112. The number of allylic oxidation sites excluding steroid dienone is 1. The van der Waals surface area contributed by atoms with Gasteiger partial charge in [-0.3, -0.25) is 14.6 Å². The maximum atomic E-state index is 10.7. The highest BCUT2D eigenvalue weighted by Crippen LogP contribution is 2.02. The summed E-state index contributed by atoms with van der Waals surface area (Å²) in [7, 11) is 0. The van der Waals surface area contributed by atoms with Crippen LogP contribution >= 0.6 is 0 Å². The van der Waals surface area contributed by atoms with Gasteiger partial charge in [0.1, 0.15) is 5.69 Å². The van der Waals surface area contributed by atoms with Crippen molar-refractivity contribution in [1.82, 2.24) is 4.98 Å². The van der Waals surface area contributed by atoms with Crippen molar-refractivity contribution < 1.29 is 9.59 Å². The average molecular weight is 190 g/mol. The monoisotopic (exact) mass is 190 g/mol. The third kappa shape index (κ3) is 2.82. The molecule has 0 aliphatic rings. The predicted molar refractivity (Wildman–Crippen MR) is 52.5 cm³/mol. The second-order valence-electron chi connectivity index (χ2n) is 2.79. The van der Waals surface area contributed by atoms with E-state index in [4.69, 9.17) is 5.73 Å². The fourth-order valence-corrected chi connectivity index (χ4v) is 0.863. The number of carbonyl (C=O) groups excluding carboxylic acids is 2. The maximum Gasteiger partial charge on any atom is 0.267 e. The molecule has 4 nitrogen and oxygen atoms in total. The van der Waals surface area contributed by atoms with E-state index in [1.54, 1.807) is 12.1 Å². The summed E-state index contributed by atoms with van der Waals surface area (Å²) in [5.41, 5.74) is 5.98. The van der Waals surface area contributed by atoms with Gasteiger partial charge >= 0.3 is 0 Å². The van der Waals surface area contributed by atoms with Gasteiger partial charge in [-0.2, -0.15) is 0 Å². The summed E-state index contributed by atoms with van der Waals surface area (Å²) >= 11 is 0. The summed E-state index contributed by atoms with van der Waals surface area (Å²) in [6.45, 7) is 1.46. The highest BCUT2D eigenvalue weighted by Gasteiger charge is 1.99. The number of nitrogens with two attached hydrogens (primary N) is 1. The first-order valence-electron chi connectivity index (χ1n) is 4.04. The molecule has 0 radical (unpaired) electrons. The maximum absolute atomic E-state index is 10.7. The lowest BCUT2D eigenvalue weighted by Gasteiger charge is -1.94. The van der Waals surface area contributed by atoms with Crippen LogP contribution in [0.3, 0.4) is 0 Å². The number of rotatable bonds is 3.